The van der Waals surface area contributed by atoms with E-state index in [2.05, 4.69) is 187 Å². The molecule has 0 heterocycles. The van der Waals surface area contributed by atoms with Gasteiger partial charge in [-0.2, -0.15) is 0 Å². The van der Waals surface area contributed by atoms with Crippen LogP contribution in [0.4, 0.5) is 17.1 Å². The number of hydrogen-bond donors (Lipinski definition) is 0. The van der Waals surface area contributed by atoms with Crippen LogP contribution in [0.2, 0.25) is 0 Å². The smallest absolute Gasteiger partial charge is 0.0462 e. The molecule has 7 aromatic rings. The highest BCUT2D eigenvalue weighted by atomic mass is 15.1. The van der Waals surface area contributed by atoms with Crippen LogP contribution in [0.1, 0.15) is 28.2 Å². The lowest BCUT2D eigenvalue weighted by molar-refractivity contribution is 1.07. The largest absolute Gasteiger partial charge is 0.311 e. The maximum absolute atomic E-state index is 2.46. The van der Waals surface area contributed by atoms with Gasteiger partial charge in [-0.15, -0.1) is 0 Å². The maximum Gasteiger partial charge on any atom is 0.0462 e. The second-order valence-corrected chi connectivity index (χ2v) is 12.5. The quantitative estimate of drug-likeness (QED) is 0.184. The molecule has 0 saturated heterocycles. The summed E-state index contributed by atoms with van der Waals surface area (Å²) in [6.45, 7) is 0. The summed E-state index contributed by atoms with van der Waals surface area (Å²) >= 11 is 0. The van der Waals surface area contributed by atoms with E-state index in [1.165, 1.54) is 60.9 Å². The van der Waals surface area contributed by atoms with E-state index in [0.717, 1.165) is 23.5 Å². The maximum atomic E-state index is 2.46. The lowest BCUT2D eigenvalue weighted by Crippen LogP contribution is -2.12. The van der Waals surface area contributed by atoms with E-state index >= 15 is 0 Å². The minimum absolute atomic E-state index is 0.235. The van der Waals surface area contributed by atoms with Crippen molar-refractivity contribution in [1.29, 1.82) is 0 Å². The van der Waals surface area contributed by atoms with Gasteiger partial charge in [-0.05, 0) is 104 Å². The molecule has 1 nitrogen and oxygen atoms in total. The Morgan fingerprint density at radius 2 is 1.02 bits per heavy atom. The van der Waals surface area contributed by atoms with E-state index in [-0.39, 0.29) is 5.92 Å². The van der Waals surface area contributed by atoms with Gasteiger partial charge in [-0.3, -0.25) is 0 Å². The molecule has 0 spiro atoms. The topological polar surface area (TPSA) is 3.24 Å². The summed E-state index contributed by atoms with van der Waals surface area (Å²) in [6.07, 6.45) is 8.14. The normalized spacial score (nSPS) is 14.6. The van der Waals surface area contributed by atoms with Gasteiger partial charge in [0.15, 0.2) is 0 Å². The number of rotatable bonds is 6. The zero-order valence-electron chi connectivity index (χ0n) is 26.1. The zero-order valence-corrected chi connectivity index (χ0v) is 26.1. The molecule has 9 rings (SSSR count). The Balaban J connectivity index is 1.09. The molecule has 7 aromatic carbocycles. The summed E-state index contributed by atoms with van der Waals surface area (Å²) in [4.78, 5) is 2.36. The van der Waals surface area contributed by atoms with Crippen LogP contribution in [0.15, 0.2) is 176 Å². The SMILES string of the molecule is C1=CC(c2ccc(N(c3ccc(-c4ccccc4)cc3)c3ccc(-c4ccccc4)cc3)cc2)C2=CCc3cccc4ccc1c2c34. The molecular formula is C46H33N. The lowest BCUT2D eigenvalue weighted by Gasteiger charge is -2.30. The summed E-state index contributed by atoms with van der Waals surface area (Å²) in [7, 11) is 0. The predicted molar refractivity (Wildman–Crippen MR) is 199 cm³/mol. The van der Waals surface area contributed by atoms with Gasteiger partial charge in [0.25, 0.3) is 0 Å². The Kier molecular flexibility index (Phi) is 6.68. The van der Waals surface area contributed by atoms with Crippen LogP contribution in [-0.2, 0) is 6.42 Å². The molecular weight excluding hydrogens is 567 g/mol. The van der Waals surface area contributed by atoms with Crippen LogP contribution >= 0.6 is 0 Å². The molecule has 0 saturated carbocycles. The molecule has 1 unspecified atom stereocenters. The first-order chi connectivity index (χ1) is 23.3. The highest BCUT2D eigenvalue weighted by Crippen LogP contribution is 2.47. The Morgan fingerprint density at radius 1 is 0.468 bits per heavy atom. The minimum Gasteiger partial charge on any atom is -0.311 e. The zero-order chi connectivity index (χ0) is 31.2. The lowest BCUT2D eigenvalue weighted by atomic mass is 9.75. The number of hydrogen-bond acceptors (Lipinski definition) is 1. The van der Waals surface area contributed by atoms with Gasteiger partial charge >= 0.3 is 0 Å². The van der Waals surface area contributed by atoms with Gasteiger partial charge < -0.3 is 4.90 Å². The molecule has 0 bridgehead atoms. The van der Waals surface area contributed by atoms with Crippen LogP contribution in [-0.4, -0.2) is 0 Å². The number of anilines is 3. The van der Waals surface area contributed by atoms with Crippen LogP contribution < -0.4 is 4.90 Å². The van der Waals surface area contributed by atoms with Crippen LogP contribution in [0.25, 0.3) is 44.7 Å². The van der Waals surface area contributed by atoms with Crippen molar-refractivity contribution in [3.05, 3.63) is 198 Å². The molecule has 0 aromatic heterocycles. The van der Waals surface area contributed by atoms with E-state index in [9.17, 15) is 0 Å². The van der Waals surface area contributed by atoms with Crippen molar-refractivity contribution in [2.75, 3.05) is 4.90 Å². The van der Waals surface area contributed by atoms with Gasteiger partial charge in [0.05, 0.1) is 0 Å². The summed E-state index contributed by atoms with van der Waals surface area (Å²) in [5, 5.41) is 2.76. The van der Waals surface area contributed by atoms with Gasteiger partial charge in [0, 0.05) is 23.0 Å². The van der Waals surface area contributed by atoms with Gasteiger partial charge in [0.2, 0.25) is 0 Å². The fourth-order valence-corrected chi connectivity index (χ4v) is 7.43. The molecule has 1 atom stereocenters. The molecule has 0 radical (unpaired) electrons. The molecule has 222 valence electrons. The van der Waals surface area contributed by atoms with E-state index in [1.807, 2.05) is 0 Å². The second kappa shape index (κ2) is 11.5. The molecule has 2 aliphatic rings. The molecule has 1 heteroatoms. The van der Waals surface area contributed by atoms with Crippen molar-refractivity contribution in [1.82, 2.24) is 0 Å². The van der Waals surface area contributed by atoms with E-state index < -0.39 is 0 Å². The Hall–Kier alpha value is -5.92. The first-order valence-corrected chi connectivity index (χ1v) is 16.4. The molecule has 0 N–H and O–H groups in total. The molecule has 47 heavy (non-hydrogen) atoms. The van der Waals surface area contributed by atoms with E-state index in [0.29, 0.717) is 0 Å². The average Bonchev–Trinajstić information content (AvgIpc) is 3.15. The summed E-state index contributed by atoms with van der Waals surface area (Å²) in [6, 6.07) is 59.5. The Labute approximate surface area is 276 Å². The Bertz CT molecular complexity index is 2190. The minimum atomic E-state index is 0.235. The summed E-state index contributed by atoms with van der Waals surface area (Å²) < 4.78 is 0. The predicted octanol–water partition coefficient (Wildman–Crippen LogP) is 12.4. The van der Waals surface area contributed by atoms with Gasteiger partial charge in [-0.1, -0.05) is 146 Å². The standard InChI is InChI=1S/C46H33N/c1-3-8-32(9-4-1)34-16-24-40(25-17-34)47(41-26-18-35(19-27-41)33-10-5-2-6-11-33)42-28-20-36(21-29-42)43-30-22-39-15-14-37-12-7-13-38-23-31-44(43)46(39)45(37)38/h1-22,24-31,43H,23H2. The van der Waals surface area contributed by atoms with E-state index in [4.69, 9.17) is 0 Å². The fourth-order valence-electron chi connectivity index (χ4n) is 7.43. The highest BCUT2D eigenvalue weighted by Gasteiger charge is 2.27. The van der Waals surface area contributed by atoms with Crippen LogP contribution in [0.3, 0.4) is 0 Å². The Morgan fingerprint density at radius 3 is 1.62 bits per heavy atom. The first kappa shape index (κ1) is 27.4. The van der Waals surface area contributed by atoms with Crippen molar-refractivity contribution in [3.8, 4) is 22.3 Å². The van der Waals surface area contributed by atoms with Crippen LogP contribution in [0, 0.1) is 0 Å². The van der Waals surface area contributed by atoms with Crippen molar-refractivity contribution in [2.24, 2.45) is 0 Å². The summed E-state index contributed by atoms with van der Waals surface area (Å²) in [5.41, 5.74) is 15.2. The fraction of sp³-hybridized carbons (Fsp3) is 0.0435. The molecule has 0 amide bonds. The summed E-state index contributed by atoms with van der Waals surface area (Å²) in [5.74, 6) is 0.235. The van der Waals surface area contributed by atoms with Crippen molar-refractivity contribution in [3.63, 3.8) is 0 Å². The molecule has 0 aliphatic heterocycles. The molecule has 0 fully saturated rings. The van der Waals surface area contributed by atoms with E-state index in [1.54, 1.807) is 0 Å². The van der Waals surface area contributed by atoms with Gasteiger partial charge in [0.1, 0.15) is 0 Å². The van der Waals surface area contributed by atoms with Crippen molar-refractivity contribution < 1.29 is 0 Å². The number of benzene rings is 7. The third kappa shape index (κ3) is 4.88. The van der Waals surface area contributed by atoms with Crippen LogP contribution in [0.5, 0.6) is 0 Å². The average molecular weight is 600 g/mol. The molecule has 2 aliphatic carbocycles. The van der Waals surface area contributed by atoms with Crippen molar-refractivity contribution >= 4 is 39.5 Å². The van der Waals surface area contributed by atoms with Crippen molar-refractivity contribution in [2.45, 2.75) is 12.3 Å². The number of nitrogens with zero attached hydrogens (tertiary/aromatic N) is 1. The monoisotopic (exact) mass is 599 g/mol. The highest BCUT2D eigenvalue weighted by molar-refractivity contribution is 6.04. The van der Waals surface area contributed by atoms with Gasteiger partial charge in [-0.25, -0.2) is 0 Å². The third-order valence-electron chi connectivity index (χ3n) is 9.77. The third-order valence-corrected chi connectivity index (χ3v) is 9.77. The first-order valence-electron chi connectivity index (χ1n) is 16.4. The number of allylic oxidation sites excluding steroid dienone is 3. The second-order valence-electron chi connectivity index (χ2n) is 12.5.